The van der Waals surface area contributed by atoms with E-state index in [0.717, 1.165) is 44.8 Å². The van der Waals surface area contributed by atoms with Crippen LogP contribution < -0.4 is 4.74 Å². The molecule has 3 nitrogen and oxygen atoms in total. The van der Waals surface area contributed by atoms with Crippen LogP contribution in [0.15, 0.2) is 24.3 Å². The summed E-state index contributed by atoms with van der Waals surface area (Å²) in [6.07, 6.45) is 2.17. The van der Waals surface area contributed by atoms with Crippen LogP contribution in [-0.2, 0) is 6.54 Å². The third-order valence-electron chi connectivity index (χ3n) is 3.87. The lowest BCUT2D eigenvalue weighted by Gasteiger charge is -2.33. The molecule has 1 aromatic rings. The molecule has 1 unspecified atom stereocenters. The van der Waals surface area contributed by atoms with Crippen molar-refractivity contribution in [2.75, 3.05) is 26.3 Å². The van der Waals surface area contributed by atoms with Gasteiger partial charge in [-0.05, 0) is 12.5 Å². The fourth-order valence-corrected chi connectivity index (χ4v) is 2.87. The summed E-state index contributed by atoms with van der Waals surface area (Å²) in [5.74, 6) is 1.01. The molecule has 106 valence electrons. The highest BCUT2D eigenvalue weighted by Gasteiger charge is 2.27. The average molecular weight is 263 g/mol. The van der Waals surface area contributed by atoms with Gasteiger partial charge < -0.3 is 9.84 Å². The normalized spacial score (nSPS) is 19.1. The first-order valence-corrected chi connectivity index (χ1v) is 7.21. The van der Waals surface area contributed by atoms with Crippen LogP contribution in [0.25, 0.3) is 0 Å². The maximum absolute atomic E-state index is 9.65. The first kappa shape index (κ1) is 14.4. The van der Waals surface area contributed by atoms with Crippen LogP contribution in [0.5, 0.6) is 5.75 Å². The van der Waals surface area contributed by atoms with E-state index in [1.54, 1.807) is 0 Å². The molecular formula is C16H25NO2. The SMILES string of the molecule is CCCC(C)(CO)CN1CCOc2ccccc2C1. The van der Waals surface area contributed by atoms with Crippen molar-refractivity contribution in [1.29, 1.82) is 0 Å². The van der Waals surface area contributed by atoms with E-state index in [0.29, 0.717) is 0 Å². The van der Waals surface area contributed by atoms with Crippen LogP contribution in [0.2, 0.25) is 0 Å². The molecule has 0 saturated carbocycles. The van der Waals surface area contributed by atoms with Gasteiger partial charge in [0.05, 0.1) is 0 Å². The zero-order chi connectivity index (χ0) is 13.7. The molecule has 0 saturated heterocycles. The van der Waals surface area contributed by atoms with E-state index in [1.165, 1.54) is 5.56 Å². The zero-order valence-corrected chi connectivity index (χ0v) is 12.1. The molecule has 1 heterocycles. The molecule has 0 radical (unpaired) electrons. The monoisotopic (exact) mass is 263 g/mol. The molecule has 0 aromatic heterocycles. The molecule has 0 fully saturated rings. The van der Waals surface area contributed by atoms with Crippen molar-refractivity contribution in [3.05, 3.63) is 29.8 Å². The second-order valence-electron chi connectivity index (χ2n) is 5.89. The quantitative estimate of drug-likeness (QED) is 0.886. The Kier molecular flexibility index (Phi) is 4.83. The van der Waals surface area contributed by atoms with Crippen molar-refractivity contribution in [1.82, 2.24) is 4.90 Å². The Labute approximate surface area is 116 Å². The molecule has 0 amide bonds. The first-order valence-electron chi connectivity index (χ1n) is 7.21. The van der Waals surface area contributed by atoms with E-state index >= 15 is 0 Å². The largest absolute Gasteiger partial charge is 0.492 e. The second kappa shape index (κ2) is 6.40. The summed E-state index contributed by atoms with van der Waals surface area (Å²) in [5.41, 5.74) is 1.24. The van der Waals surface area contributed by atoms with Gasteiger partial charge in [-0.1, -0.05) is 38.5 Å². The molecule has 0 spiro atoms. The van der Waals surface area contributed by atoms with E-state index in [1.807, 2.05) is 12.1 Å². The number of aliphatic hydroxyl groups is 1. The number of rotatable bonds is 5. The van der Waals surface area contributed by atoms with Crippen molar-refractivity contribution < 1.29 is 9.84 Å². The van der Waals surface area contributed by atoms with E-state index in [9.17, 15) is 5.11 Å². The van der Waals surface area contributed by atoms with Crippen molar-refractivity contribution >= 4 is 0 Å². The summed E-state index contributed by atoms with van der Waals surface area (Å²) in [6.45, 7) is 8.09. The molecule has 1 atom stereocenters. The molecule has 1 N–H and O–H groups in total. The summed E-state index contributed by atoms with van der Waals surface area (Å²) in [5, 5.41) is 9.65. The van der Waals surface area contributed by atoms with E-state index < -0.39 is 0 Å². The topological polar surface area (TPSA) is 32.7 Å². The lowest BCUT2D eigenvalue weighted by Crippen LogP contribution is -2.39. The maximum Gasteiger partial charge on any atom is 0.123 e. The van der Waals surface area contributed by atoms with Crippen LogP contribution in [-0.4, -0.2) is 36.3 Å². The number of hydrogen-bond acceptors (Lipinski definition) is 3. The third-order valence-corrected chi connectivity index (χ3v) is 3.87. The number of hydrogen-bond donors (Lipinski definition) is 1. The molecule has 0 aliphatic carbocycles. The standard InChI is InChI=1S/C16H25NO2/c1-3-8-16(2,13-18)12-17-9-10-19-15-7-5-4-6-14(15)11-17/h4-7,18H,3,8-13H2,1-2H3. The Morgan fingerprint density at radius 1 is 1.37 bits per heavy atom. The van der Waals surface area contributed by atoms with Crippen LogP contribution in [0.4, 0.5) is 0 Å². The number of aliphatic hydroxyl groups excluding tert-OH is 1. The van der Waals surface area contributed by atoms with E-state index in [-0.39, 0.29) is 12.0 Å². The van der Waals surface area contributed by atoms with Crippen LogP contribution in [0.1, 0.15) is 32.3 Å². The van der Waals surface area contributed by atoms with Crippen molar-refractivity contribution in [2.45, 2.75) is 33.2 Å². The van der Waals surface area contributed by atoms with Crippen molar-refractivity contribution in [3.8, 4) is 5.75 Å². The lowest BCUT2D eigenvalue weighted by molar-refractivity contribution is 0.0737. The van der Waals surface area contributed by atoms with Gasteiger partial charge in [0.2, 0.25) is 0 Å². The van der Waals surface area contributed by atoms with Crippen molar-refractivity contribution in [2.24, 2.45) is 5.41 Å². The van der Waals surface area contributed by atoms with Gasteiger partial charge in [0.25, 0.3) is 0 Å². The fourth-order valence-electron chi connectivity index (χ4n) is 2.87. The first-order chi connectivity index (χ1) is 9.17. The Hall–Kier alpha value is -1.06. The van der Waals surface area contributed by atoms with Gasteiger partial charge in [0.1, 0.15) is 12.4 Å². The second-order valence-corrected chi connectivity index (χ2v) is 5.89. The molecule has 1 aliphatic heterocycles. The van der Waals surface area contributed by atoms with Crippen LogP contribution in [0, 0.1) is 5.41 Å². The van der Waals surface area contributed by atoms with Gasteiger partial charge in [0.15, 0.2) is 0 Å². The highest BCUT2D eigenvalue weighted by molar-refractivity contribution is 5.33. The minimum absolute atomic E-state index is 0.00592. The number of nitrogens with zero attached hydrogens (tertiary/aromatic N) is 1. The zero-order valence-electron chi connectivity index (χ0n) is 12.1. The predicted molar refractivity (Wildman–Crippen MR) is 77.3 cm³/mol. The van der Waals surface area contributed by atoms with Gasteiger partial charge in [-0.2, -0.15) is 0 Å². The third kappa shape index (κ3) is 3.71. The van der Waals surface area contributed by atoms with E-state index in [2.05, 4.69) is 30.9 Å². The predicted octanol–water partition coefficient (Wildman–Crippen LogP) is 2.68. The molecule has 19 heavy (non-hydrogen) atoms. The molecular weight excluding hydrogens is 238 g/mol. The Morgan fingerprint density at radius 2 is 2.16 bits per heavy atom. The number of ether oxygens (including phenoxy) is 1. The average Bonchev–Trinajstić information content (AvgIpc) is 2.60. The summed E-state index contributed by atoms with van der Waals surface area (Å²) in [7, 11) is 0. The highest BCUT2D eigenvalue weighted by atomic mass is 16.5. The number of benzene rings is 1. The van der Waals surface area contributed by atoms with Crippen LogP contribution in [0.3, 0.4) is 0 Å². The van der Waals surface area contributed by atoms with Gasteiger partial charge >= 0.3 is 0 Å². The summed E-state index contributed by atoms with van der Waals surface area (Å²) < 4.78 is 5.78. The fraction of sp³-hybridized carbons (Fsp3) is 0.625. The highest BCUT2D eigenvalue weighted by Crippen LogP contribution is 2.28. The molecule has 1 aromatic carbocycles. The van der Waals surface area contributed by atoms with Gasteiger partial charge in [-0.3, -0.25) is 4.90 Å². The van der Waals surface area contributed by atoms with Gasteiger partial charge in [-0.15, -0.1) is 0 Å². The molecule has 0 bridgehead atoms. The number of para-hydroxylation sites is 1. The minimum Gasteiger partial charge on any atom is -0.492 e. The summed E-state index contributed by atoms with van der Waals surface area (Å²) >= 11 is 0. The minimum atomic E-state index is -0.00592. The van der Waals surface area contributed by atoms with Crippen molar-refractivity contribution in [3.63, 3.8) is 0 Å². The Balaban J connectivity index is 2.06. The number of fused-ring (bicyclic) bond motifs is 1. The summed E-state index contributed by atoms with van der Waals surface area (Å²) in [6, 6.07) is 8.24. The Bertz CT molecular complexity index is 407. The summed E-state index contributed by atoms with van der Waals surface area (Å²) in [4.78, 5) is 2.40. The molecule has 3 heteroatoms. The molecule has 1 aliphatic rings. The molecule has 2 rings (SSSR count). The lowest BCUT2D eigenvalue weighted by atomic mass is 9.86. The Morgan fingerprint density at radius 3 is 2.89 bits per heavy atom. The van der Waals surface area contributed by atoms with Crippen LogP contribution >= 0.6 is 0 Å². The maximum atomic E-state index is 9.65. The van der Waals surface area contributed by atoms with Gasteiger partial charge in [0, 0.05) is 37.2 Å². The van der Waals surface area contributed by atoms with E-state index in [4.69, 9.17) is 4.74 Å². The smallest absolute Gasteiger partial charge is 0.123 e. The van der Waals surface area contributed by atoms with Gasteiger partial charge in [-0.25, -0.2) is 0 Å².